The van der Waals surface area contributed by atoms with Gasteiger partial charge in [-0.3, -0.25) is 18.9 Å². The number of aliphatic hydroxyl groups excluding tert-OH is 2. The molecule has 0 fully saturated rings. The van der Waals surface area contributed by atoms with Crippen LogP contribution in [0.25, 0.3) is 0 Å². The number of carboxylic acid groups (broad SMARTS) is 1. The molecule has 10 atom stereocenters. The van der Waals surface area contributed by atoms with Gasteiger partial charge >= 0.3 is 25.4 Å². The molecule has 0 spiro atoms. The van der Waals surface area contributed by atoms with Crippen molar-refractivity contribution in [3.05, 3.63) is 54.1 Å². The molecule has 12 nitrogen and oxygen atoms in total. The first kappa shape index (κ1) is 39.4. The molecule has 2 aliphatic rings. The van der Waals surface area contributed by atoms with E-state index in [1.54, 1.807) is 51.1 Å². The quantitative estimate of drug-likeness (QED) is 0.116. The van der Waals surface area contributed by atoms with E-state index in [1.165, 1.54) is 6.92 Å². The van der Waals surface area contributed by atoms with Gasteiger partial charge < -0.3 is 34.1 Å². The molecule has 0 radical (unpaired) electrons. The van der Waals surface area contributed by atoms with Gasteiger partial charge in [-0.2, -0.15) is 0 Å². The lowest BCUT2D eigenvalue weighted by molar-refractivity contribution is -0.160. The van der Waals surface area contributed by atoms with Crippen molar-refractivity contribution >= 4 is 25.4 Å². The molecule has 0 saturated carbocycles. The number of rotatable bonds is 18. The Morgan fingerprint density at radius 1 is 1.04 bits per heavy atom. The summed E-state index contributed by atoms with van der Waals surface area (Å²) in [6.07, 6.45) is 2.12. The number of fused-ring (bicyclic) bond motifs is 1. The number of carbonyl (C=O) groups excluding carboxylic acids is 2. The highest BCUT2D eigenvalue weighted by Crippen LogP contribution is 2.47. The van der Waals surface area contributed by atoms with E-state index in [0.29, 0.717) is 12.2 Å². The molecule has 268 valence electrons. The lowest BCUT2D eigenvalue weighted by atomic mass is 9.66. The van der Waals surface area contributed by atoms with Crippen molar-refractivity contribution in [1.82, 2.24) is 5.09 Å². The van der Waals surface area contributed by atoms with Crippen molar-refractivity contribution in [2.75, 3.05) is 6.35 Å². The molecule has 1 aromatic carbocycles. The second-order valence-corrected chi connectivity index (χ2v) is 15.3. The van der Waals surface area contributed by atoms with Crippen molar-refractivity contribution < 1.29 is 53.0 Å². The molecule has 0 amide bonds. The van der Waals surface area contributed by atoms with Crippen molar-refractivity contribution in [2.45, 2.75) is 110 Å². The summed E-state index contributed by atoms with van der Waals surface area (Å²) in [5, 5.41) is 32.8. The zero-order valence-electron chi connectivity index (χ0n) is 28.7. The summed E-state index contributed by atoms with van der Waals surface area (Å²) in [6.45, 7) is 10.7. The molecule has 2 aliphatic carbocycles. The Bertz CT molecular complexity index is 1330. The summed E-state index contributed by atoms with van der Waals surface area (Å²) in [5.74, 6) is -2.64. The molecule has 0 bridgehead atoms. The van der Waals surface area contributed by atoms with Gasteiger partial charge in [0.1, 0.15) is 24.2 Å². The third-order valence-electron chi connectivity index (χ3n) is 8.69. The van der Waals surface area contributed by atoms with E-state index in [9.17, 15) is 29.2 Å². The van der Waals surface area contributed by atoms with Gasteiger partial charge in [0.25, 0.3) is 0 Å². The first-order valence-electron chi connectivity index (χ1n) is 16.7. The van der Waals surface area contributed by atoms with Crippen LogP contribution in [0.4, 0.5) is 0 Å². The van der Waals surface area contributed by atoms with Crippen molar-refractivity contribution in [1.29, 1.82) is 0 Å². The SMILES string of the molecule is CC[C@H](C)C(=O)O[C@H]1C[C@H](OCP(=O)(N[C@@H](C)C(=O)OC(C)C)Oc2ccccc2)C=C2C=C[C@H](C)[C@H](C[C@@H](O)C[C@@H](O)CC(=O)O)[C@H]21. The van der Waals surface area contributed by atoms with Gasteiger partial charge in [-0.15, -0.1) is 0 Å². The van der Waals surface area contributed by atoms with Gasteiger partial charge in [-0.05, 0) is 69.6 Å². The first-order chi connectivity index (χ1) is 22.6. The van der Waals surface area contributed by atoms with Crippen LogP contribution in [0, 0.1) is 23.7 Å². The van der Waals surface area contributed by atoms with E-state index in [2.05, 4.69) is 5.09 Å². The molecule has 4 N–H and O–H groups in total. The van der Waals surface area contributed by atoms with Gasteiger partial charge in [-0.1, -0.05) is 57.2 Å². The van der Waals surface area contributed by atoms with Crippen LogP contribution in [0.3, 0.4) is 0 Å². The standard InChI is InChI=1S/C35H52NO11P/c1-7-22(4)34(41)46-31-19-29(15-25-14-13-23(5)30(33(25)31)17-26(37)16-27(38)18-32(39)40)44-20-48(43,47-28-11-9-8-10-12-28)36-24(6)35(42)45-21(2)3/h8-15,21-24,26-27,29-31,33,37-38H,7,16-20H2,1-6H3,(H,36,43)(H,39,40)/t22-,23-,24-,26-,27+,29+,30-,31-,33-,48?/m0/s1. The molecule has 0 saturated heterocycles. The highest BCUT2D eigenvalue weighted by molar-refractivity contribution is 7.57. The van der Waals surface area contributed by atoms with Gasteiger partial charge in [0.2, 0.25) is 0 Å². The Labute approximate surface area is 283 Å². The Hall–Kier alpha value is -3.02. The normalized spacial score (nSPS) is 25.9. The number of hydrogen-bond acceptors (Lipinski definition) is 10. The van der Waals surface area contributed by atoms with Crippen molar-refractivity contribution in [3.63, 3.8) is 0 Å². The number of nitrogens with one attached hydrogen (secondary N) is 1. The van der Waals surface area contributed by atoms with Crippen LogP contribution >= 0.6 is 7.52 Å². The summed E-state index contributed by atoms with van der Waals surface area (Å²) in [4.78, 5) is 36.7. The maximum absolute atomic E-state index is 14.2. The van der Waals surface area contributed by atoms with E-state index in [4.69, 9.17) is 23.8 Å². The van der Waals surface area contributed by atoms with Gasteiger partial charge in [0, 0.05) is 12.3 Å². The number of carboxylic acids is 1. The largest absolute Gasteiger partial charge is 0.481 e. The number of hydrogen-bond donors (Lipinski definition) is 4. The Balaban J connectivity index is 1.87. The number of carbonyl (C=O) groups is 3. The third kappa shape index (κ3) is 11.8. The molecule has 1 aromatic rings. The molecule has 0 aliphatic heterocycles. The summed E-state index contributed by atoms with van der Waals surface area (Å²) in [5.41, 5.74) is 0.829. The van der Waals surface area contributed by atoms with Crippen LogP contribution in [0.1, 0.15) is 73.6 Å². The minimum atomic E-state index is -3.86. The van der Waals surface area contributed by atoms with Crippen molar-refractivity contribution in [3.8, 4) is 5.75 Å². The predicted octanol–water partition coefficient (Wildman–Crippen LogP) is 5.23. The lowest BCUT2D eigenvalue weighted by Crippen LogP contribution is -2.44. The monoisotopic (exact) mass is 693 g/mol. The van der Waals surface area contributed by atoms with Crippen LogP contribution < -0.4 is 9.61 Å². The minimum absolute atomic E-state index is 0.0172. The van der Waals surface area contributed by atoms with Crippen molar-refractivity contribution in [2.24, 2.45) is 23.7 Å². The summed E-state index contributed by atoms with van der Waals surface area (Å²) in [6, 6.07) is 7.58. The molecule has 48 heavy (non-hydrogen) atoms. The van der Waals surface area contributed by atoms with E-state index in [0.717, 1.165) is 5.57 Å². The third-order valence-corrected chi connectivity index (χ3v) is 10.5. The second kappa shape index (κ2) is 18.1. The number of aliphatic hydroxyl groups is 2. The highest BCUT2D eigenvalue weighted by atomic mass is 31.2. The minimum Gasteiger partial charge on any atom is -0.481 e. The van der Waals surface area contributed by atoms with Crippen LogP contribution in [0.15, 0.2) is 54.1 Å². The maximum Gasteiger partial charge on any atom is 0.342 e. The fourth-order valence-electron chi connectivity index (χ4n) is 6.06. The van der Waals surface area contributed by atoms with E-state index in [-0.39, 0.29) is 55.0 Å². The van der Waals surface area contributed by atoms with E-state index >= 15 is 0 Å². The maximum atomic E-state index is 14.2. The van der Waals surface area contributed by atoms with Crippen LogP contribution in [-0.2, 0) is 33.2 Å². The summed E-state index contributed by atoms with van der Waals surface area (Å²) in [7, 11) is -3.86. The zero-order chi connectivity index (χ0) is 35.6. The highest BCUT2D eigenvalue weighted by Gasteiger charge is 2.44. The molecule has 0 heterocycles. The van der Waals surface area contributed by atoms with Crippen LogP contribution in [-0.4, -0.2) is 76.1 Å². The average Bonchev–Trinajstić information content (AvgIpc) is 3.00. The smallest absolute Gasteiger partial charge is 0.342 e. The molecular formula is C35H52NO11P. The molecule has 3 rings (SSSR count). The van der Waals surface area contributed by atoms with E-state index in [1.807, 2.05) is 32.1 Å². The van der Waals surface area contributed by atoms with Crippen LogP contribution in [0.5, 0.6) is 5.75 Å². The fraction of sp³-hybridized carbons (Fsp3) is 0.629. The number of aliphatic carboxylic acids is 1. The summed E-state index contributed by atoms with van der Waals surface area (Å²) < 4.78 is 37.7. The number of esters is 2. The zero-order valence-corrected chi connectivity index (χ0v) is 29.6. The lowest BCUT2D eigenvalue weighted by Gasteiger charge is -2.44. The van der Waals surface area contributed by atoms with Crippen LogP contribution in [0.2, 0.25) is 0 Å². The Kier molecular flexibility index (Phi) is 14.9. The summed E-state index contributed by atoms with van der Waals surface area (Å²) >= 11 is 0. The molecule has 13 heteroatoms. The first-order valence-corrected chi connectivity index (χ1v) is 18.5. The molecule has 1 unspecified atom stereocenters. The fourth-order valence-corrected chi connectivity index (χ4v) is 7.79. The number of allylic oxidation sites excluding steroid dienone is 2. The Morgan fingerprint density at radius 2 is 1.73 bits per heavy atom. The van der Waals surface area contributed by atoms with Gasteiger partial charge in [0.15, 0.2) is 0 Å². The number of benzene rings is 1. The molecule has 0 aromatic heterocycles. The van der Waals surface area contributed by atoms with Gasteiger partial charge in [0.05, 0.1) is 36.8 Å². The molecular weight excluding hydrogens is 641 g/mol. The average molecular weight is 694 g/mol. The number of ether oxygens (including phenoxy) is 3. The Morgan fingerprint density at radius 3 is 2.35 bits per heavy atom. The van der Waals surface area contributed by atoms with E-state index < -0.39 is 62.7 Å². The topological polar surface area (TPSA) is 178 Å². The second-order valence-electron chi connectivity index (χ2n) is 13.2. The number of para-hydroxylation sites is 1. The van der Waals surface area contributed by atoms with Gasteiger partial charge in [-0.25, -0.2) is 5.09 Å². The predicted molar refractivity (Wildman–Crippen MR) is 179 cm³/mol.